The van der Waals surface area contributed by atoms with Gasteiger partial charge >= 0.3 is 0 Å². The van der Waals surface area contributed by atoms with Crippen LogP contribution >= 0.6 is 0 Å². The first-order chi connectivity index (χ1) is 12.9. The van der Waals surface area contributed by atoms with Gasteiger partial charge in [0.1, 0.15) is 0 Å². The minimum absolute atomic E-state index is 0.123. The molecule has 0 amide bonds. The molecule has 2 aliphatic heterocycles. The average molecular weight is 393 g/mol. The Morgan fingerprint density at radius 2 is 1.81 bits per heavy atom. The summed E-state index contributed by atoms with van der Waals surface area (Å²) in [6.07, 6.45) is 7.01. The average Bonchev–Trinajstić information content (AvgIpc) is 3.37. The van der Waals surface area contributed by atoms with Crippen LogP contribution in [-0.2, 0) is 10.0 Å². The van der Waals surface area contributed by atoms with Gasteiger partial charge in [-0.3, -0.25) is 4.90 Å². The van der Waals surface area contributed by atoms with Gasteiger partial charge in [-0.25, -0.2) is 8.42 Å². The Hall–Kier alpha value is -0.950. The highest BCUT2D eigenvalue weighted by Gasteiger charge is 2.51. The number of benzene rings is 1. The van der Waals surface area contributed by atoms with Crippen molar-refractivity contribution in [2.75, 3.05) is 39.0 Å². The van der Waals surface area contributed by atoms with Crippen molar-refractivity contribution in [3.63, 3.8) is 0 Å². The van der Waals surface area contributed by atoms with Crippen LogP contribution in [-0.4, -0.2) is 67.3 Å². The van der Waals surface area contributed by atoms with Crippen LogP contribution in [0.25, 0.3) is 0 Å². The molecule has 0 radical (unpaired) electrons. The van der Waals surface area contributed by atoms with Crippen molar-refractivity contribution < 1.29 is 13.5 Å². The number of piperidine rings is 1. The summed E-state index contributed by atoms with van der Waals surface area (Å²) in [5, 5.41) is 9.51. The summed E-state index contributed by atoms with van der Waals surface area (Å²) in [6, 6.07) is 10.9. The lowest BCUT2D eigenvalue weighted by molar-refractivity contribution is -0.0468. The minimum Gasteiger partial charge on any atom is -0.396 e. The van der Waals surface area contributed by atoms with Crippen molar-refractivity contribution in [1.29, 1.82) is 0 Å². The Balaban J connectivity index is 1.27. The van der Waals surface area contributed by atoms with E-state index in [1.54, 1.807) is 4.31 Å². The lowest BCUT2D eigenvalue weighted by atomic mass is 9.82. The molecule has 27 heavy (non-hydrogen) atoms. The SMILES string of the molecule is CS(=O)(=O)N1CC(CCO)(N2CCC(C[C@@H]3CC3c3ccccc3)CC2)C1. The number of aliphatic hydroxyl groups is 1. The maximum absolute atomic E-state index is 11.8. The number of hydrogen-bond donors (Lipinski definition) is 1. The fourth-order valence-electron chi connectivity index (χ4n) is 5.26. The molecule has 0 aromatic heterocycles. The van der Waals surface area contributed by atoms with E-state index in [0.29, 0.717) is 19.5 Å². The van der Waals surface area contributed by atoms with Crippen LogP contribution in [0.1, 0.15) is 43.6 Å². The summed E-state index contributed by atoms with van der Waals surface area (Å²) in [5.74, 6) is 2.40. The first-order valence-corrected chi connectivity index (χ1v) is 12.1. The second kappa shape index (κ2) is 7.47. The van der Waals surface area contributed by atoms with Gasteiger partial charge in [-0.05, 0) is 68.5 Å². The first-order valence-electron chi connectivity index (χ1n) is 10.3. The van der Waals surface area contributed by atoms with Crippen molar-refractivity contribution in [1.82, 2.24) is 9.21 Å². The van der Waals surface area contributed by atoms with E-state index in [-0.39, 0.29) is 12.1 Å². The predicted molar refractivity (Wildman–Crippen MR) is 107 cm³/mol. The van der Waals surface area contributed by atoms with E-state index in [2.05, 4.69) is 35.2 Å². The molecular weight excluding hydrogens is 360 g/mol. The summed E-state index contributed by atoms with van der Waals surface area (Å²) in [6.45, 7) is 3.26. The van der Waals surface area contributed by atoms with Crippen LogP contribution in [0.2, 0.25) is 0 Å². The van der Waals surface area contributed by atoms with Crippen molar-refractivity contribution >= 4 is 10.0 Å². The highest BCUT2D eigenvalue weighted by molar-refractivity contribution is 7.88. The van der Waals surface area contributed by atoms with Crippen molar-refractivity contribution in [3.8, 4) is 0 Å². The standard InChI is InChI=1S/C21H32N2O3S/c1-27(25,26)23-15-21(16-23,9-12-24)22-10-7-17(8-11-22)13-19-14-20(19)18-5-3-2-4-6-18/h2-6,17,19-20,24H,7-16H2,1H3/t19-,20?/m1/s1. The van der Waals surface area contributed by atoms with Gasteiger partial charge in [0.15, 0.2) is 0 Å². The second-order valence-corrected chi connectivity index (χ2v) is 10.9. The van der Waals surface area contributed by atoms with Crippen LogP contribution in [0.15, 0.2) is 30.3 Å². The Morgan fingerprint density at radius 1 is 1.15 bits per heavy atom. The maximum Gasteiger partial charge on any atom is 0.211 e. The van der Waals surface area contributed by atoms with Crippen LogP contribution in [0.4, 0.5) is 0 Å². The third kappa shape index (κ3) is 4.09. The topological polar surface area (TPSA) is 60.9 Å². The molecule has 1 unspecified atom stereocenters. The number of sulfonamides is 1. The van der Waals surface area contributed by atoms with Gasteiger partial charge in [0.05, 0.1) is 11.8 Å². The Morgan fingerprint density at radius 3 is 2.41 bits per heavy atom. The van der Waals surface area contributed by atoms with Gasteiger partial charge in [0, 0.05) is 19.7 Å². The lowest BCUT2D eigenvalue weighted by Crippen LogP contribution is -2.72. The summed E-state index contributed by atoms with van der Waals surface area (Å²) in [7, 11) is -3.12. The zero-order valence-electron chi connectivity index (χ0n) is 16.3. The number of hydrogen-bond acceptors (Lipinski definition) is 4. The Labute approximate surface area is 163 Å². The predicted octanol–water partition coefficient (Wildman–Crippen LogP) is 2.29. The molecule has 150 valence electrons. The molecule has 1 aromatic carbocycles. The number of likely N-dealkylation sites (tertiary alicyclic amines) is 1. The quantitative estimate of drug-likeness (QED) is 0.773. The van der Waals surface area contributed by atoms with Gasteiger partial charge in [0.2, 0.25) is 10.0 Å². The minimum atomic E-state index is -3.12. The second-order valence-electron chi connectivity index (χ2n) is 8.91. The molecule has 0 spiro atoms. The van der Waals surface area contributed by atoms with Crippen LogP contribution in [0.3, 0.4) is 0 Å². The van der Waals surface area contributed by atoms with E-state index in [1.807, 2.05) is 0 Å². The van der Waals surface area contributed by atoms with Gasteiger partial charge in [-0.15, -0.1) is 0 Å². The summed E-state index contributed by atoms with van der Waals surface area (Å²) < 4.78 is 25.1. The van der Waals surface area contributed by atoms with Crippen LogP contribution < -0.4 is 0 Å². The molecule has 5 nitrogen and oxygen atoms in total. The van der Waals surface area contributed by atoms with Crippen molar-refractivity contribution in [2.45, 2.75) is 43.6 Å². The monoisotopic (exact) mass is 392 g/mol. The largest absolute Gasteiger partial charge is 0.396 e. The Bertz CT molecular complexity index is 738. The summed E-state index contributed by atoms with van der Waals surface area (Å²) in [4.78, 5) is 2.46. The molecule has 0 bridgehead atoms. The van der Waals surface area contributed by atoms with Gasteiger partial charge in [0.25, 0.3) is 0 Å². The fourth-order valence-corrected chi connectivity index (χ4v) is 6.21. The molecule has 1 aliphatic carbocycles. The smallest absolute Gasteiger partial charge is 0.211 e. The molecule has 2 saturated heterocycles. The molecule has 2 heterocycles. The van der Waals surface area contributed by atoms with E-state index >= 15 is 0 Å². The van der Waals surface area contributed by atoms with E-state index in [9.17, 15) is 13.5 Å². The molecule has 2 atom stereocenters. The number of nitrogens with zero attached hydrogens (tertiary/aromatic N) is 2. The third-order valence-corrected chi connectivity index (χ3v) is 8.26. The van der Waals surface area contributed by atoms with Gasteiger partial charge in [-0.2, -0.15) is 4.31 Å². The number of aliphatic hydroxyl groups excluding tert-OH is 1. The highest BCUT2D eigenvalue weighted by Crippen LogP contribution is 2.52. The van der Waals surface area contributed by atoms with E-state index < -0.39 is 10.0 Å². The zero-order chi connectivity index (χ0) is 19.1. The van der Waals surface area contributed by atoms with Gasteiger partial charge < -0.3 is 5.11 Å². The maximum atomic E-state index is 11.8. The molecule has 3 aliphatic rings. The Kier molecular flexibility index (Phi) is 5.36. The molecule has 6 heteroatoms. The molecule has 1 N–H and O–H groups in total. The van der Waals surface area contributed by atoms with E-state index in [1.165, 1.54) is 37.5 Å². The van der Waals surface area contributed by atoms with Gasteiger partial charge in [-0.1, -0.05) is 30.3 Å². The molecule has 1 aromatic rings. The first kappa shape index (κ1) is 19.4. The zero-order valence-corrected chi connectivity index (χ0v) is 17.1. The summed E-state index contributed by atoms with van der Waals surface area (Å²) >= 11 is 0. The fraction of sp³-hybridized carbons (Fsp3) is 0.714. The van der Waals surface area contributed by atoms with Crippen molar-refractivity contribution in [3.05, 3.63) is 35.9 Å². The number of rotatable bonds is 7. The van der Waals surface area contributed by atoms with E-state index in [0.717, 1.165) is 30.8 Å². The lowest BCUT2D eigenvalue weighted by Gasteiger charge is -2.56. The molecular formula is C21H32N2O3S. The highest BCUT2D eigenvalue weighted by atomic mass is 32.2. The molecule has 1 saturated carbocycles. The van der Waals surface area contributed by atoms with Crippen LogP contribution in [0.5, 0.6) is 0 Å². The summed E-state index contributed by atoms with van der Waals surface area (Å²) in [5.41, 5.74) is 1.35. The molecule has 4 rings (SSSR count). The van der Waals surface area contributed by atoms with Crippen LogP contribution in [0, 0.1) is 11.8 Å². The molecule has 3 fully saturated rings. The third-order valence-electron chi connectivity index (χ3n) is 7.06. The normalized spacial score (nSPS) is 29.4. The van der Waals surface area contributed by atoms with Crippen molar-refractivity contribution in [2.24, 2.45) is 11.8 Å². The van der Waals surface area contributed by atoms with E-state index in [4.69, 9.17) is 0 Å².